The molecule has 3 aromatic rings. The largest absolute Gasteiger partial charge is 0.411 e. The van der Waals surface area contributed by atoms with Crippen LogP contribution in [0.3, 0.4) is 0 Å². The lowest BCUT2D eigenvalue weighted by Crippen LogP contribution is -2.40. The quantitative estimate of drug-likeness (QED) is 0.505. The number of nitrogens with one attached hydrogen (secondary N) is 1. The van der Waals surface area contributed by atoms with Gasteiger partial charge in [-0.3, -0.25) is 4.79 Å². The SMILES string of the molecule is Cc1ccc(C)c(NC(=O)CSc2nnc(-c3cccc(S(=O)(=O)N4CCOCC4)c3)o2)c1. The van der Waals surface area contributed by atoms with Crippen molar-refractivity contribution in [2.45, 2.75) is 24.0 Å². The Labute approximate surface area is 196 Å². The normalized spacial score (nSPS) is 14.8. The van der Waals surface area contributed by atoms with Crippen LogP contribution < -0.4 is 5.32 Å². The Morgan fingerprint density at radius 2 is 1.91 bits per heavy atom. The number of aromatic nitrogens is 2. The van der Waals surface area contributed by atoms with E-state index in [4.69, 9.17) is 9.15 Å². The summed E-state index contributed by atoms with van der Waals surface area (Å²) in [6.45, 7) is 5.28. The Hall–Kier alpha value is -2.73. The van der Waals surface area contributed by atoms with Gasteiger partial charge in [0.25, 0.3) is 5.22 Å². The molecule has 0 unspecified atom stereocenters. The van der Waals surface area contributed by atoms with Gasteiger partial charge in [-0.1, -0.05) is 30.0 Å². The highest BCUT2D eigenvalue weighted by Crippen LogP contribution is 2.27. The van der Waals surface area contributed by atoms with Gasteiger partial charge in [-0.2, -0.15) is 4.31 Å². The van der Waals surface area contributed by atoms with Gasteiger partial charge in [-0.25, -0.2) is 8.42 Å². The lowest BCUT2D eigenvalue weighted by Gasteiger charge is -2.26. The van der Waals surface area contributed by atoms with Crippen molar-refractivity contribution in [3.63, 3.8) is 0 Å². The Morgan fingerprint density at radius 3 is 2.70 bits per heavy atom. The average Bonchev–Trinajstić information content (AvgIpc) is 3.30. The third-order valence-corrected chi connectivity index (χ3v) is 7.80. The smallest absolute Gasteiger partial charge is 0.277 e. The molecule has 174 valence electrons. The van der Waals surface area contributed by atoms with Crippen LogP contribution in [0.15, 0.2) is 57.0 Å². The first kappa shape index (κ1) is 23.4. The number of amides is 1. The van der Waals surface area contributed by atoms with Gasteiger partial charge < -0.3 is 14.5 Å². The number of carbonyl (C=O) groups excluding carboxylic acids is 1. The second kappa shape index (κ2) is 10.0. The van der Waals surface area contributed by atoms with Crippen molar-refractivity contribution in [1.29, 1.82) is 0 Å². The van der Waals surface area contributed by atoms with Gasteiger partial charge in [0.05, 0.1) is 23.9 Å². The zero-order valence-corrected chi connectivity index (χ0v) is 19.9. The summed E-state index contributed by atoms with van der Waals surface area (Å²) < 4.78 is 38.1. The lowest BCUT2D eigenvalue weighted by molar-refractivity contribution is -0.113. The van der Waals surface area contributed by atoms with Crippen LogP contribution >= 0.6 is 11.8 Å². The molecule has 11 heteroatoms. The van der Waals surface area contributed by atoms with Crippen LogP contribution in [0.25, 0.3) is 11.5 Å². The van der Waals surface area contributed by atoms with Gasteiger partial charge in [0.15, 0.2) is 0 Å². The molecule has 0 spiro atoms. The highest BCUT2D eigenvalue weighted by atomic mass is 32.2. The molecule has 1 N–H and O–H groups in total. The number of anilines is 1. The summed E-state index contributed by atoms with van der Waals surface area (Å²) in [6.07, 6.45) is 0. The van der Waals surface area contributed by atoms with Crippen molar-refractivity contribution in [1.82, 2.24) is 14.5 Å². The van der Waals surface area contributed by atoms with E-state index in [9.17, 15) is 13.2 Å². The highest BCUT2D eigenvalue weighted by molar-refractivity contribution is 7.99. The second-order valence-corrected chi connectivity index (χ2v) is 10.4. The predicted octanol–water partition coefficient (Wildman–Crippen LogP) is 3.11. The number of sulfonamides is 1. The van der Waals surface area contributed by atoms with E-state index in [1.165, 1.54) is 16.4 Å². The summed E-state index contributed by atoms with van der Waals surface area (Å²) in [6, 6.07) is 12.3. The highest BCUT2D eigenvalue weighted by Gasteiger charge is 2.27. The first-order chi connectivity index (χ1) is 15.8. The summed E-state index contributed by atoms with van der Waals surface area (Å²) in [5.74, 6) is 0.0963. The van der Waals surface area contributed by atoms with Crippen molar-refractivity contribution >= 4 is 33.4 Å². The molecule has 33 heavy (non-hydrogen) atoms. The molecule has 4 rings (SSSR count). The van der Waals surface area contributed by atoms with Crippen LogP contribution in [-0.4, -0.2) is 60.9 Å². The number of hydrogen-bond donors (Lipinski definition) is 1. The van der Waals surface area contributed by atoms with Gasteiger partial charge in [0.2, 0.25) is 21.8 Å². The molecule has 0 atom stereocenters. The molecule has 0 aliphatic carbocycles. The van der Waals surface area contributed by atoms with Gasteiger partial charge >= 0.3 is 0 Å². The number of carbonyl (C=O) groups is 1. The minimum absolute atomic E-state index is 0.0977. The molecule has 1 aromatic heterocycles. The lowest BCUT2D eigenvalue weighted by atomic mass is 10.1. The Bertz CT molecular complexity index is 1250. The first-order valence-corrected chi connectivity index (χ1v) is 12.8. The van der Waals surface area contributed by atoms with E-state index in [1.54, 1.807) is 12.1 Å². The standard InChI is InChI=1S/C22H24N4O5S2/c1-15-6-7-16(2)19(12-15)23-20(27)14-32-22-25-24-21(31-22)17-4-3-5-18(13-17)33(28,29)26-8-10-30-11-9-26/h3-7,12-13H,8-11,14H2,1-2H3,(H,23,27). The molecule has 9 nitrogen and oxygen atoms in total. The van der Waals surface area contributed by atoms with Crippen LogP contribution in [0.1, 0.15) is 11.1 Å². The molecule has 1 saturated heterocycles. The first-order valence-electron chi connectivity index (χ1n) is 10.3. The fourth-order valence-corrected chi connectivity index (χ4v) is 5.31. The number of ether oxygens (including phenoxy) is 1. The minimum atomic E-state index is -3.64. The minimum Gasteiger partial charge on any atom is -0.411 e. The molecule has 0 bridgehead atoms. The van der Waals surface area contributed by atoms with Crippen LogP contribution in [0.2, 0.25) is 0 Å². The summed E-state index contributed by atoms with van der Waals surface area (Å²) in [7, 11) is -3.64. The van der Waals surface area contributed by atoms with Crippen molar-refractivity contribution < 1.29 is 22.4 Å². The molecule has 2 heterocycles. The molecule has 1 aliphatic heterocycles. The molecule has 1 fully saturated rings. The number of benzene rings is 2. The maximum Gasteiger partial charge on any atom is 0.277 e. The monoisotopic (exact) mass is 488 g/mol. The van der Waals surface area contributed by atoms with Crippen molar-refractivity contribution in [2.75, 3.05) is 37.4 Å². The number of nitrogens with zero attached hydrogens (tertiary/aromatic N) is 3. The van der Waals surface area contributed by atoms with E-state index in [0.717, 1.165) is 28.6 Å². The van der Waals surface area contributed by atoms with Gasteiger partial charge in [0, 0.05) is 24.3 Å². The zero-order chi connectivity index (χ0) is 23.4. The number of morpholine rings is 1. The van der Waals surface area contributed by atoms with E-state index in [1.807, 2.05) is 32.0 Å². The van der Waals surface area contributed by atoms with Gasteiger partial charge in [-0.15, -0.1) is 10.2 Å². The zero-order valence-electron chi connectivity index (χ0n) is 18.3. The molecule has 2 aromatic carbocycles. The van der Waals surface area contributed by atoms with Gasteiger partial charge in [0.1, 0.15) is 0 Å². The molecule has 1 aliphatic rings. The number of thioether (sulfide) groups is 1. The van der Waals surface area contributed by atoms with Crippen LogP contribution in [0.4, 0.5) is 5.69 Å². The maximum atomic E-state index is 12.9. The Kier molecular flexibility index (Phi) is 7.13. The third-order valence-electron chi connectivity index (χ3n) is 5.09. The van der Waals surface area contributed by atoms with Crippen molar-refractivity contribution in [3.8, 4) is 11.5 Å². The summed E-state index contributed by atoms with van der Waals surface area (Å²) >= 11 is 1.11. The fraction of sp³-hybridized carbons (Fsp3) is 0.318. The van der Waals surface area contributed by atoms with E-state index in [-0.39, 0.29) is 27.7 Å². The van der Waals surface area contributed by atoms with Crippen LogP contribution in [0.5, 0.6) is 0 Å². The topological polar surface area (TPSA) is 115 Å². The van der Waals surface area contributed by atoms with E-state index < -0.39 is 10.0 Å². The third kappa shape index (κ3) is 5.61. The Morgan fingerprint density at radius 1 is 1.12 bits per heavy atom. The number of aryl methyl sites for hydroxylation is 2. The molecular weight excluding hydrogens is 464 g/mol. The van der Waals surface area contributed by atoms with E-state index >= 15 is 0 Å². The average molecular weight is 489 g/mol. The fourth-order valence-electron chi connectivity index (χ4n) is 3.29. The molecule has 0 radical (unpaired) electrons. The summed E-state index contributed by atoms with van der Waals surface area (Å²) in [4.78, 5) is 12.5. The molecule has 1 amide bonds. The predicted molar refractivity (Wildman–Crippen MR) is 125 cm³/mol. The van der Waals surface area contributed by atoms with Crippen LogP contribution in [-0.2, 0) is 19.6 Å². The number of hydrogen-bond acceptors (Lipinski definition) is 8. The molecular formula is C22H24N4O5S2. The Balaban J connectivity index is 1.41. The second-order valence-electron chi connectivity index (χ2n) is 7.57. The summed E-state index contributed by atoms with van der Waals surface area (Å²) in [5, 5.41) is 11.1. The van der Waals surface area contributed by atoms with Gasteiger partial charge in [-0.05, 0) is 49.2 Å². The van der Waals surface area contributed by atoms with E-state index in [0.29, 0.717) is 31.9 Å². The summed E-state index contributed by atoms with van der Waals surface area (Å²) in [5.41, 5.74) is 3.29. The molecule has 0 saturated carbocycles. The van der Waals surface area contributed by atoms with Crippen molar-refractivity contribution in [2.24, 2.45) is 0 Å². The number of rotatable bonds is 7. The maximum absolute atomic E-state index is 12.9. The van der Waals surface area contributed by atoms with E-state index in [2.05, 4.69) is 15.5 Å². The van der Waals surface area contributed by atoms with Crippen molar-refractivity contribution in [3.05, 3.63) is 53.6 Å². The van der Waals surface area contributed by atoms with Crippen LogP contribution in [0, 0.1) is 13.8 Å².